The highest BCUT2D eigenvalue weighted by Gasteiger charge is 2.22. The van der Waals surface area contributed by atoms with Crippen LogP contribution in [0.15, 0.2) is 0 Å². The van der Waals surface area contributed by atoms with Gasteiger partial charge in [0.2, 0.25) is 0 Å². The summed E-state index contributed by atoms with van der Waals surface area (Å²) < 4.78 is 9.13. The third-order valence-electron chi connectivity index (χ3n) is 1.98. The first-order chi connectivity index (χ1) is 5.33. The van der Waals surface area contributed by atoms with Crippen LogP contribution in [-0.2, 0) is 9.41 Å². The van der Waals surface area contributed by atoms with E-state index in [1.54, 1.807) is 0 Å². The van der Waals surface area contributed by atoms with Crippen LogP contribution in [0.2, 0.25) is 0 Å². The first-order valence-electron chi connectivity index (χ1n) is 4.02. The van der Waals surface area contributed by atoms with E-state index < -0.39 is 7.32 Å². The molecule has 5 heteroatoms. The Morgan fingerprint density at radius 2 is 1.91 bits per heavy atom. The molecule has 0 radical (unpaired) electrons. The van der Waals surface area contributed by atoms with E-state index in [1.165, 1.54) is 19.3 Å². The lowest BCUT2D eigenvalue weighted by Gasteiger charge is -2.22. The van der Waals surface area contributed by atoms with Crippen LogP contribution in [0, 0.1) is 0 Å². The van der Waals surface area contributed by atoms with Gasteiger partial charge < -0.3 is 14.4 Å². The molecular weight excluding hydrogens is 145 g/mol. The van der Waals surface area contributed by atoms with Crippen LogP contribution >= 0.6 is 0 Å². The molecule has 0 amide bonds. The van der Waals surface area contributed by atoms with Gasteiger partial charge in [0.1, 0.15) is 0 Å². The topological polar surface area (TPSA) is 64.7 Å². The van der Waals surface area contributed by atoms with Gasteiger partial charge in [-0.15, -0.1) is 0 Å². The number of nitrogens with two attached hydrogens (primary N) is 1. The molecule has 3 N–H and O–H groups in total. The van der Waals surface area contributed by atoms with Crippen LogP contribution in [0.4, 0.5) is 0 Å². The lowest BCUT2D eigenvalue weighted by Crippen LogP contribution is -2.32. The Morgan fingerprint density at radius 1 is 1.27 bits per heavy atom. The van der Waals surface area contributed by atoms with Gasteiger partial charge in [-0.1, -0.05) is 19.3 Å². The minimum Gasteiger partial charge on any atom is -0.401 e. The first-order valence-corrected chi connectivity index (χ1v) is 4.02. The van der Waals surface area contributed by atoms with Crippen molar-refractivity contribution in [3.05, 3.63) is 0 Å². The van der Waals surface area contributed by atoms with Crippen molar-refractivity contribution in [1.82, 2.24) is 0 Å². The zero-order valence-electron chi connectivity index (χ0n) is 6.53. The second kappa shape index (κ2) is 4.72. The van der Waals surface area contributed by atoms with E-state index in [9.17, 15) is 0 Å². The standard InChI is InChI=1S/C6H14BNO3/c8-11-7(9)10-6-4-2-1-3-5-6/h6,9H,1-5,8H2. The van der Waals surface area contributed by atoms with Gasteiger partial charge in [-0.25, -0.2) is 5.90 Å². The number of rotatable bonds is 3. The van der Waals surface area contributed by atoms with Crippen LogP contribution in [-0.4, -0.2) is 18.4 Å². The highest BCUT2D eigenvalue weighted by molar-refractivity contribution is 6.34. The summed E-state index contributed by atoms with van der Waals surface area (Å²) in [5, 5.41) is 8.84. The fraction of sp³-hybridized carbons (Fsp3) is 1.00. The Bertz CT molecular complexity index is 108. The van der Waals surface area contributed by atoms with Gasteiger partial charge in [-0.2, -0.15) is 0 Å². The fourth-order valence-corrected chi connectivity index (χ4v) is 1.40. The molecule has 1 aliphatic carbocycles. The van der Waals surface area contributed by atoms with E-state index >= 15 is 0 Å². The van der Waals surface area contributed by atoms with Crippen LogP contribution in [0.3, 0.4) is 0 Å². The maximum absolute atomic E-state index is 8.84. The summed E-state index contributed by atoms with van der Waals surface area (Å²) in [7, 11) is -1.25. The molecule has 0 atom stereocenters. The average Bonchev–Trinajstić information content (AvgIpc) is 2.06. The lowest BCUT2D eigenvalue weighted by atomic mass is 9.97. The molecule has 0 saturated heterocycles. The molecule has 0 aromatic rings. The molecule has 0 aliphatic heterocycles. The summed E-state index contributed by atoms with van der Waals surface area (Å²) in [4.78, 5) is 0. The third-order valence-corrected chi connectivity index (χ3v) is 1.98. The third kappa shape index (κ3) is 3.20. The lowest BCUT2D eigenvalue weighted by molar-refractivity contribution is 0.0654. The van der Waals surface area contributed by atoms with Crippen LogP contribution < -0.4 is 5.90 Å². The molecule has 1 saturated carbocycles. The Morgan fingerprint density at radius 3 is 2.45 bits per heavy atom. The highest BCUT2D eigenvalue weighted by atomic mass is 16.7. The van der Waals surface area contributed by atoms with Gasteiger partial charge in [-0.3, -0.25) is 0 Å². The summed E-state index contributed by atoms with van der Waals surface area (Å²) in [5.74, 6) is 4.71. The Kier molecular flexibility index (Phi) is 3.86. The summed E-state index contributed by atoms with van der Waals surface area (Å²) in [5.41, 5.74) is 0. The monoisotopic (exact) mass is 159 g/mol. The Hall–Kier alpha value is -0.0951. The smallest absolute Gasteiger partial charge is 0.401 e. The van der Waals surface area contributed by atoms with E-state index in [2.05, 4.69) is 4.76 Å². The summed E-state index contributed by atoms with van der Waals surface area (Å²) in [6.07, 6.45) is 5.73. The van der Waals surface area contributed by atoms with Crippen molar-refractivity contribution in [2.45, 2.75) is 38.2 Å². The van der Waals surface area contributed by atoms with Crippen LogP contribution in [0.5, 0.6) is 0 Å². The maximum Gasteiger partial charge on any atom is 0.654 e. The van der Waals surface area contributed by atoms with Crippen molar-refractivity contribution in [2.75, 3.05) is 0 Å². The molecule has 1 aliphatic rings. The van der Waals surface area contributed by atoms with Crippen LogP contribution in [0.25, 0.3) is 0 Å². The van der Waals surface area contributed by atoms with Gasteiger partial charge in [0, 0.05) is 6.10 Å². The predicted molar refractivity (Wildman–Crippen MR) is 41.2 cm³/mol. The molecule has 64 valence electrons. The van der Waals surface area contributed by atoms with E-state index in [-0.39, 0.29) is 6.10 Å². The molecular formula is C6H14BNO3. The summed E-state index contributed by atoms with van der Waals surface area (Å²) in [6.45, 7) is 0. The maximum atomic E-state index is 8.84. The van der Waals surface area contributed by atoms with E-state index in [0.29, 0.717) is 0 Å². The Balaban J connectivity index is 2.13. The van der Waals surface area contributed by atoms with Gasteiger partial charge >= 0.3 is 7.32 Å². The molecule has 11 heavy (non-hydrogen) atoms. The second-order valence-electron chi connectivity index (χ2n) is 2.84. The molecule has 4 nitrogen and oxygen atoms in total. The molecule has 0 aromatic heterocycles. The van der Waals surface area contributed by atoms with E-state index in [0.717, 1.165) is 12.8 Å². The normalized spacial score (nSPS) is 20.2. The summed E-state index contributed by atoms with van der Waals surface area (Å²) >= 11 is 0. The molecule has 0 bridgehead atoms. The molecule has 0 unspecified atom stereocenters. The van der Waals surface area contributed by atoms with Gasteiger partial charge in [0.25, 0.3) is 0 Å². The van der Waals surface area contributed by atoms with Crippen molar-refractivity contribution in [2.24, 2.45) is 5.90 Å². The minimum absolute atomic E-state index is 0.127. The molecule has 0 spiro atoms. The van der Waals surface area contributed by atoms with E-state index in [1.807, 2.05) is 0 Å². The number of hydrogen-bond acceptors (Lipinski definition) is 4. The average molecular weight is 159 g/mol. The molecule has 1 fully saturated rings. The zero-order chi connectivity index (χ0) is 8.10. The predicted octanol–water partition coefficient (Wildman–Crippen LogP) is 0.203. The Labute approximate surface area is 66.8 Å². The first kappa shape index (κ1) is 9.00. The molecule has 1 rings (SSSR count). The number of hydrogen-bond donors (Lipinski definition) is 2. The second-order valence-corrected chi connectivity index (χ2v) is 2.84. The van der Waals surface area contributed by atoms with Crippen molar-refractivity contribution < 1.29 is 14.4 Å². The van der Waals surface area contributed by atoms with Gasteiger partial charge in [0.15, 0.2) is 0 Å². The molecule has 0 aromatic carbocycles. The van der Waals surface area contributed by atoms with Crippen LogP contribution in [0.1, 0.15) is 32.1 Å². The van der Waals surface area contributed by atoms with Gasteiger partial charge in [-0.05, 0) is 12.8 Å². The van der Waals surface area contributed by atoms with Crippen molar-refractivity contribution in [1.29, 1.82) is 0 Å². The van der Waals surface area contributed by atoms with Crippen molar-refractivity contribution in [3.8, 4) is 0 Å². The molecule has 0 heterocycles. The van der Waals surface area contributed by atoms with Crippen molar-refractivity contribution in [3.63, 3.8) is 0 Å². The van der Waals surface area contributed by atoms with Crippen molar-refractivity contribution >= 4 is 7.32 Å². The SMILES string of the molecule is NOB(O)OC1CCCCC1. The zero-order valence-corrected chi connectivity index (χ0v) is 6.53. The minimum atomic E-state index is -1.25. The largest absolute Gasteiger partial charge is 0.654 e. The highest BCUT2D eigenvalue weighted by Crippen LogP contribution is 2.20. The van der Waals surface area contributed by atoms with E-state index in [4.69, 9.17) is 15.6 Å². The van der Waals surface area contributed by atoms with Gasteiger partial charge in [0.05, 0.1) is 0 Å². The fourth-order valence-electron chi connectivity index (χ4n) is 1.40. The quantitative estimate of drug-likeness (QED) is 0.456. The summed E-state index contributed by atoms with van der Waals surface area (Å²) in [6, 6.07) is 0.